The summed E-state index contributed by atoms with van der Waals surface area (Å²) in [6.07, 6.45) is 0. The Labute approximate surface area is 163 Å². The van der Waals surface area contributed by atoms with Crippen molar-refractivity contribution in [3.05, 3.63) is 77.2 Å². The van der Waals surface area contributed by atoms with Crippen LogP contribution in [0.15, 0.2) is 54.6 Å². The van der Waals surface area contributed by atoms with Gasteiger partial charge in [-0.05, 0) is 37.3 Å². The van der Waals surface area contributed by atoms with Gasteiger partial charge < -0.3 is 15.4 Å². The second kappa shape index (κ2) is 8.64. The second-order valence-electron chi connectivity index (χ2n) is 5.99. The van der Waals surface area contributed by atoms with Gasteiger partial charge in [0.15, 0.2) is 0 Å². The minimum Gasteiger partial charge on any atom is -0.496 e. The zero-order valence-electron chi connectivity index (χ0n) is 15.6. The molecular weight excluding hydrogens is 354 g/mol. The fourth-order valence-electron chi connectivity index (χ4n) is 2.64. The number of ether oxygens (including phenoxy) is 1. The second-order valence-corrected chi connectivity index (χ2v) is 5.99. The Morgan fingerprint density at radius 3 is 2.61 bits per heavy atom. The fraction of sp³-hybridized carbons (Fsp3) is 0.143. The molecule has 0 fully saturated rings. The van der Waals surface area contributed by atoms with E-state index in [9.17, 15) is 4.79 Å². The number of aromatic nitrogens is 2. The molecule has 1 heterocycles. The molecule has 7 heteroatoms. The molecule has 3 rings (SSSR count). The summed E-state index contributed by atoms with van der Waals surface area (Å²) in [7, 11) is 1.59. The van der Waals surface area contributed by atoms with Crippen molar-refractivity contribution in [2.75, 3.05) is 12.4 Å². The van der Waals surface area contributed by atoms with Crippen LogP contribution in [0.3, 0.4) is 0 Å². The first-order valence-electron chi connectivity index (χ1n) is 8.62. The summed E-state index contributed by atoms with van der Waals surface area (Å²) in [5.74, 6) is 1.38. The number of anilines is 2. The Balaban J connectivity index is 1.72. The van der Waals surface area contributed by atoms with Crippen molar-refractivity contribution in [1.29, 1.82) is 5.26 Å². The predicted molar refractivity (Wildman–Crippen MR) is 105 cm³/mol. The third-order valence-corrected chi connectivity index (χ3v) is 3.99. The summed E-state index contributed by atoms with van der Waals surface area (Å²) in [5, 5.41) is 14.8. The molecule has 0 aliphatic rings. The van der Waals surface area contributed by atoms with Crippen molar-refractivity contribution in [2.45, 2.75) is 13.5 Å². The molecular formula is C21H19N5O2. The molecule has 0 atom stereocenters. The number of carbonyl (C=O) groups is 1. The van der Waals surface area contributed by atoms with E-state index < -0.39 is 0 Å². The molecule has 1 amide bonds. The molecule has 0 radical (unpaired) electrons. The molecule has 140 valence electrons. The van der Waals surface area contributed by atoms with Crippen LogP contribution in [-0.4, -0.2) is 23.0 Å². The number of methoxy groups -OCH3 is 1. The van der Waals surface area contributed by atoms with Crippen LogP contribution < -0.4 is 15.4 Å². The first-order chi connectivity index (χ1) is 13.6. The number of nitriles is 1. The lowest BCUT2D eigenvalue weighted by Crippen LogP contribution is -2.24. The fourth-order valence-corrected chi connectivity index (χ4v) is 2.64. The molecule has 3 aromatic rings. The smallest absolute Gasteiger partial charge is 0.270 e. The van der Waals surface area contributed by atoms with Crippen LogP contribution in [0.2, 0.25) is 0 Å². The number of nitrogens with one attached hydrogen (secondary N) is 2. The maximum atomic E-state index is 12.6. The van der Waals surface area contributed by atoms with Gasteiger partial charge in [-0.15, -0.1) is 0 Å². The van der Waals surface area contributed by atoms with E-state index >= 15 is 0 Å². The Kier molecular flexibility index (Phi) is 5.82. The van der Waals surface area contributed by atoms with E-state index in [2.05, 4.69) is 26.7 Å². The van der Waals surface area contributed by atoms with E-state index in [1.165, 1.54) is 0 Å². The van der Waals surface area contributed by atoms with Crippen LogP contribution in [0.1, 0.15) is 27.4 Å². The number of hydrogen-bond donors (Lipinski definition) is 2. The van der Waals surface area contributed by atoms with Crippen molar-refractivity contribution in [3.63, 3.8) is 0 Å². The minimum absolute atomic E-state index is 0.263. The van der Waals surface area contributed by atoms with Crippen molar-refractivity contribution >= 4 is 17.4 Å². The average Bonchev–Trinajstić information content (AvgIpc) is 2.72. The van der Waals surface area contributed by atoms with Crippen molar-refractivity contribution in [1.82, 2.24) is 15.3 Å². The van der Waals surface area contributed by atoms with E-state index in [1.807, 2.05) is 24.3 Å². The van der Waals surface area contributed by atoms with E-state index in [0.717, 1.165) is 11.3 Å². The van der Waals surface area contributed by atoms with Gasteiger partial charge in [0.05, 0.1) is 18.7 Å². The molecule has 0 saturated carbocycles. The first kappa shape index (κ1) is 18.9. The minimum atomic E-state index is -0.306. The molecule has 2 aromatic carbocycles. The van der Waals surface area contributed by atoms with Crippen LogP contribution in [0.4, 0.5) is 11.5 Å². The SMILES string of the molecule is COc1ccccc1CNC(=O)c1cc(Nc2ccc(C#N)cc2)nc(C)n1. The zero-order valence-corrected chi connectivity index (χ0v) is 15.6. The van der Waals surface area contributed by atoms with Crippen LogP contribution in [0, 0.1) is 18.3 Å². The van der Waals surface area contributed by atoms with Gasteiger partial charge in [-0.2, -0.15) is 5.26 Å². The number of para-hydroxylation sites is 1. The van der Waals surface area contributed by atoms with Gasteiger partial charge >= 0.3 is 0 Å². The van der Waals surface area contributed by atoms with E-state index in [4.69, 9.17) is 10.00 Å². The Morgan fingerprint density at radius 1 is 1.14 bits per heavy atom. The highest BCUT2D eigenvalue weighted by Crippen LogP contribution is 2.18. The molecule has 28 heavy (non-hydrogen) atoms. The van der Waals surface area contributed by atoms with Gasteiger partial charge in [0.25, 0.3) is 5.91 Å². The topological polar surface area (TPSA) is 99.9 Å². The Bertz CT molecular complexity index is 1030. The summed E-state index contributed by atoms with van der Waals surface area (Å²) < 4.78 is 5.30. The van der Waals surface area contributed by atoms with E-state index in [1.54, 1.807) is 44.4 Å². The molecule has 7 nitrogen and oxygen atoms in total. The maximum absolute atomic E-state index is 12.6. The molecule has 0 saturated heterocycles. The number of benzene rings is 2. The van der Waals surface area contributed by atoms with Crippen LogP contribution >= 0.6 is 0 Å². The van der Waals surface area contributed by atoms with Gasteiger partial charge in [-0.25, -0.2) is 9.97 Å². The zero-order chi connectivity index (χ0) is 19.9. The van der Waals surface area contributed by atoms with Crippen molar-refractivity contribution in [2.24, 2.45) is 0 Å². The lowest BCUT2D eigenvalue weighted by atomic mass is 10.2. The van der Waals surface area contributed by atoms with Gasteiger partial charge in [0, 0.05) is 23.9 Å². The number of carbonyl (C=O) groups excluding carboxylic acids is 1. The number of nitrogens with zero attached hydrogens (tertiary/aromatic N) is 3. The van der Waals surface area contributed by atoms with Gasteiger partial charge in [0.1, 0.15) is 23.1 Å². The quantitative estimate of drug-likeness (QED) is 0.687. The summed E-state index contributed by atoms with van der Waals surface area (Å²) in [5.41, 5.74) is 2.47. The third-order valence-electron chi connectivity index (χ3n) is 3.99. The largest absolute Gasteiger partial charge is 0.496 e. The lowest BCUT2D eigenvalue weighted by Gasteiger charge is -2.11. The normalized spacial score (nSPS) is 10.0. The number of amides is 1. The first-order valence-corrected chi connectivity index (χ1v) is 8.62. The molecule has 0 unspecified atom stereocenters. The van der Waals surface area contributed by atoms with E-state index in [0.29, 0.717) is 29.5 Å². The van der Waals surface area contributed by atoms with Crippen LogP contribution in [0.25, 0.3) is 0 Å². The van der Waals surface area contributed by atoms with Gasteiger partial charge in [-0.3, -0.25) is 4.79 Å². The van der Waals surface area contributed by atoms with Gasteiger partial charge in [0.2, 0.25) is 0 Å². The molecule has 0 aliphatic heterocycles. The predicted octanol–water partition coefficient (Wildman–Crippen LogP) is 3.34. The maximum Gasteiger partial charge on any atom is 0.270 e. The Morgan fingerprint density at radius 2 is 1.89 bits per heavy atom. The summed E-state index contributed by atoms with van der Waals surface area (Å²) in [6.45, 7) is 2.05. The highest BCUT2D eigenvalue weighted by Gasteiger charge is 2.12. The average molecular weight is 373 g/mol. The van der Waals surface area contributed by atoms with Crippen molar-refractivity contribution in [3.8, 4) is 11.8 Å². The Hall–Kier alpha value is -3.92. The highest BCUT2D eigenvalue weighted by atomic mass is 16.5. The lowest BCUT2D eigenvalue weighted by molar-refractivity contribution is 0.0945. The van der Waals surface area contributed by atoms with Crippen molar-refractivity contribution < 1.29 is 9.53 Å². The molecule has 0 aliphatic carbocycles. The standard InChI is InChI=1S/C21H19N5O2/c1-14-24-18(21(27)23-13-16-5-3-4-6-19(16)28-2)11-20(25-14)26-17-9-7-15(12-22)8-10-17/h3-11H,13H2,1-2H3,(H,23,27)(H,24,25,26). The number of hydrogen-bond acceptors (Lipinski definition) is 6. The molecule has 2 N–H and O–H groups in total. The molecule has 0 bridgehead atoms. The summed E-state index contributed by atoms with van der Waals surface area (Å²) in [6, 6.07) is 18.1. The number of rotatable bonds is 6. The highest BCUT2D eigenvalue weighted by molar-refractivity contribution is 5.93. The van der Waals surface area contributed by atoms with Gasteiger partial charge in [-0.1, -0.05) is 18.2 Å². The van der Waals surface area contributed by atoms with Crippen LogP contribution in [-0.2, 0) is 6.54 Å². The monoisotopic (exact) mass is 373 g/mol. The third kappa shape index (κ3) is 4.62. The van der Waals surface area contributed by atoms with Crippen LogP contribution in [0.5, 0.6) is 5.75 Å². The molecule has 0 spiro atoms. The summed E-state index contributed by atoms with van der Waals surface area (Å²) in [4.78, 5) is 21.1. The number of aryl methyl sites for hydroxylation is 1. The molecule has 1 aromatic heterocycles. The summed E-state index contributed by atoms with van der Waals surface area (Å²) >= 11 is 0. The van der Waals surface area contributed by atoms with E-state index in [-0.39, 0.29) is 11.6 Å².